The number of nitrogens with zero attached hydrogens (tertiary/aromatic N) is 1. The minimum Gasteiger partial charge on any atom is -0.495 e. The van der Waals surface area contributed by atoms with Gasteiger partial charge in [-0.05, 0) is 24.6 Å². The van der Waals surface area contributed by atoms with Crippen LogP contribution in [0.1, 0.15) is 12.0 Å². The summed E-state index contributed by atoms with van der Waals surface area (Å²) in [4.78, 5) is 25.8. The average Bonchev–Trinajstić information content (AvgIpc) is 2.86. The zero-order chi connectivity index (χ0) is 15.4. The van der Waals surface area contributed by atoms with Crippen LogP contribution in [0.2, 0.25) is 0 Å². The van der Waals surface area contributed by atoms with Gasteiger partial charge in [0, 0.05) is 26.1 Å². The molecular weight excluding hydrogens is 270 g/mol. The van der Waals surface area contributed by atoms with E-state index in [1.54, 1.807) is 12.0 Å². The molecule has 0 saturated carbocycles. The normalized spacial score (nSPS) is 18.0. The van der Waals surface area contributed by atoms with Crippen LogP contribution in [-0.4, -0.2) is 38.6 Å². The third-order valence-corrected chi connectivity index (χ3v) is 3.56. The van der Waals surface area contributed by atoms with Crippen LogP contribution in [0.15, 0.2) is 18.2 Å². The Morgan fingerprint density at radius 1 is 1.52 bits per heavy atom. The van der Waals surface area contributed by atoms with Crippen molar-refractivity contribution in [2.24, 2.45) is 11.7 Å². The summed E-state index contributed by atoms with van der Waals surface area (Å²) in [6.45, 7) is 3.14. The molecule has 1 aromatic carbocycles. The number of aryl methyl sites for hydroxylation is 1. The Morgan fingerprint density at radius 2 is 2.29 bits per heavy atom. The molecule has 0 radical (unpaired) electrons. The van der Waals surface area contributed by atoms with E-state index < -0.39 is 0 Å². The van der Waals surface area contributed by atoms with Crippen molar-refractivity contribution in [2.75, 3.05) is 31.6 Å². The predicted octanol–water partition coefficient (Wildman–Crippen LogP) is 0.431. The molecule has 2 rings (SSSR count). The molecule has 1 unspecified atom stereocenters. The van der Waals surface area contributed by atoms with Gasteiger partial charge in [0.2, 0.25) is 11.8 Å². The van der Waals surface area contributed by atoms with E-state index in [1.165, 1.54) is 0 Å². The van der Waals surface area contributed by atoms with Crippen molar-refractivity contribution in [3.05, 3.63) is 23.8 Å². The minimum atomic E-state index is -0.339. The molecule has 1 aliphatic heterocycles. The molecule has 0 aliphatic carbocycles. The van der Waals surface area contributed by atoms with Gasteiger partial charge in [-0.2, -0.15) is 0 Å². The number of hydrogen-bond acceptors (Lipinski definition) is 4. The number of methoxy groups -OCH3 is 1. The van der Waals surface area contributed by atoms with Crippen LogP contribution >= 0.6 is 0 Å². The lowest BCUT2D eigenvalue weighted by Crippen LogP contribution is -2.35. The number of hydrogen-bond donors (Lipinski definition) is 2. The number of anilines is 1. The molecule has 0 bridgehead atoms. The lowest BCUT2D eigenvalue weighted by atomic mass is 10.1. The predicted molar refractivity (Wildman–Crippen MR) is 80.3 cm³/mol. The van der Waals surface area contributed by atoms with Crippen LogP contribution in [0.5, 0.6) is 5.75 Å². The van der Waals surface area contributed by atoms with E-state index in [9.17, 15) is 9.59 Å². The molecule has 1 aliphatic rings. The molecule has 0 spiro atoms. The molecule has 3 N–H and O–H groups in total. The molecule has 114 valence electrons. The quantitative estimate of drug-likeness (QED) is 0.824. The number of nitrogens with two attached hydrogens (primary N) is 1. The number of benzene rings is 1. The first-order chi connectivity index (χ1) is 10.1. The molecule has 6 nitrogen and oxygen atoms in total. The summed E-state index contributed by atoms with van der Waals surface area (Å²) in [6, 6.07) is 5.66. The third-order valence-electron chi connectivity index (χ3n) is 3.56. The van der Waals surface area contributed by atoms with Gasteiger partial charge in [0.15, 0.2) is 0 Å². The molecule has 1 fully saturated rings. The molecule has 1 aromatic rings. The van der Waals surface area contributed by atoms with E-state index in [0.717, 1.165) is 11.3 Å². The number of ether oxygens (including phenoxy) is 1. The highest BCUT2D eigenvalue weighted by Gasteiger charge is 2.36. The van der Waals surface area contributed by atoms with E-state index in [2.05, 4.69) is 5.32 Å². The van der Waals surface area contributed by atoms with Crippen LogP contribution in [-0.2, 0) is 9.59 Å². The Hall–Kier alpha value is -2.08. The van der Waals surface area contributed by atoms with Crippen molar-refractivity contribution >= 4 is 17.5 Å². The maximum Gasteiger partial charge on any atom is 0.227 e. The Kier molecular flexibility index (Phi) is 4.80. The van der Waals surface area contributed by atoms with E-state index in [0.29, 0.717) is 25.4 Å². The van der Waals surface area contributed by atoms with Gasteiger partial charge in [0.25, 0.3) is 0 Å². The van der Waals surface area contributed by atoms with Gasteiger partial charge in [-0.1, -0.05) is 6.07 Å². The van der Waals surface area contributed by atoms with Crippen molar-refractivity contribution in [2.45, 2.75) is 13.3 Å². The van der Waals surface area contributed by atoms with Gasteiger partial charge in [-0.25, -0.2) is 0 Å². The molecule has 1 saturated heterocycles. The SMILES string of the molecule is COc1ccc(C)cc1N1CC(C(=O)NCCN)CC1=O. The van der Waals surface area contributed by atoms with E-state index in [1.807, 2.05) is 25.1 Å². The van der Waals surface area contributed by atoms with Crippen molar-refractivity contribution < 1.29 is 14.3 Å². The fraction of sp³-hybridized carbons (Fsp3) is 0.467. The molecule has 0 aromatic heterocycles. The highest BCUT2D eigenvalue weighted by atomic mass is 16.5. The van der Waals surface area contributed by atoms with Gasteiger partial charge in [-0.3, -0.25) is 9.59 Å². The molecule has 21 heavy (non-hydrogen) atoms. The summed E-state index contributed by atoms with van der Waals surface area (Å²) in [5.41, 5.74) is 7.12. The second kappa shape index (κ2) is 6.58. The largest absolute Gasteiger partial charge is 0.495 e. The zero-order valence-electron chi connectivity index (χ0n) is 12.4. The summed E-state index contributed by atoms with van der Waals surface area (Å²) in [7, 11) is 1.57. The van der Waals surface area contributed by atoms with E-state index in [-0.39, 0.29) is 24.2 Å². The van der Waals surface area contributed by atoms with Crippen LogP contribution in [0.4, 0.5) is 5.69 Å². The highest BCUT2D eigenvalue weighted by molar-refractivity contribution is 6.01. The number of carbonyl (C=O) groups is 2. The van der Waals surface area contributed by atoms with Crippen molar-refractivity contribution in [1.82, 2.24) is 5.32 Å². The second-order valence-electron chi connectivity index (χ2n) is 5.16. The molecule has 2 amide bonds. The first kappa shape index (κ1) is 15.3. The Balaban J connectivity index is 2.17. The molecular formula is C15H21N3O3. The molecule has 1 heterocycles. The van der Waals surface area contributed by atoms with Gasteiger partial charge >= 0.3 is 0 Å². The standard InChI is InChI=1S/C15H21N3O3/c1-10-3-4-13(21-2)12(7-10)18-9-11(8-14(18)19)15(20)17-6-5-16/h3-4,7,11H,5-6,8-9,16H2,1-2H3,(H,17,20). The minimum absolute atomic E-state index is 0.0631. The monoisotopic (exact) mass is 291 g/mol. The number of amides is 2. The van der Waals surface area contributed by atoms with Gasteiger partial charge in [0.05, 0.1) is 18.7 Å². The fourth-order valence-corrected chi connectivity index (χ4v) is 2.47. The van der Waals surface area contributed by atoms with Crippen molar-refractivity contribution in [1.29, 1.82) is 0 Å². The van der Waals surface area contributed by atoms with Gasteiger partial charge in [0.1, 0.15) is 5.75 Å². The Labute approximate surface area is 124 Å². The smallest absolute Gasteiger partial charge is 0.227 e. The topological polar surface area (TPSA) is 84.7 Å². The van der Waals surface area contributed by atoms with Crippen LogP contribution < -0.4 is 20.7 Å². The van der Waals surface area contributed by atoms with Crippen LogP contribution in [0.3, 0.4) is 0 Å². The van der Waals surface area contributed by atoms with Crippen LogP contribution in [0, 0.1) is 12.8 Å². The van der Waals surface area contributed by atoms with Gasteiger partial charge in [-0.15, -0.1) is 0 Å². The summed E-state index contributed by atoms with van der Waals surface area (Å²) < 4.78 is 5.31. The third kappa shape index (κ3) is 3.33. The summed E-state index contributed by atoms with van der Waals surface area (Å²) in [6.07, 6.45) is 0.216. The Morgan fingerprint density at radius 3 is 2.95 bits per heavy atom. The number of rotatable bonds is 5. The second-order valence-corrected chi connectivity index (χ2v) is 5.16. The summed E-state index contributed by atoms with van der Waals surface area (Å²) in [5, 5.41) is 2.73. The maximum atomic E-state index is 12.2. The lowest BCUT2D eigenvalue weighted by molar-refractivity contribution is -0.126. The highest BCUT2D eigenvalue weighted by Crippen LogP contribution is 2.33. The first-order valence-electron chi connectivity index (χ1n) is 6.99. The average molecular weight is 291 g/mol. The van der Waals surface area contributed by atoms with Gasteiger partial charge < -0.3 is 20.7 Å². The van der Waals surface area contributed by atoms with E-state index >= 15 is 0 Å². The maximum absolute atomic E-state index is 12.2. The summed E-state index contributed by atoms with van der Waals surface area (Å²) >= 11 is 0. The fourth-order valence-electron chi connectivity index (χ4n) is 2.47. The zero-order valence-corrected chi connectivity index (χ0v) is 12.4. The van der Waals surface area contributed by atoms with Crippen molar-refractivity contribution in [3.63, 3.8) is 0 Å². The number of carbonyl (C=O) groups excluding carboxylic acids is 2. The summed E-state index contributed by atoms with van der Waals surface area (Å²) in [5.74, 6) is 0.112. The first-order valence-corrected chi connectivity index (χ1v) is 6.99. The number of nitrogens with one attached hydrogen (secondary N) is 1. The molecule has 1 atom stereocenters. The Bertz CT molecular complexity index is 545. The van der Waals surface area contributed by atoms with Crippen LogP contribution in [0.25, 0.3) is 0 Å². The van der Waals surface area contributed by atoms with E-state index in [4.69, 9.17) is 10.5 Å². The van der Waals surface area contributed by atoms with Crippen molar-refractivity contribution in [3.8, 4) is 5.75 Å². The molecule has 6 heteroatoms. The lowest BCUT2D eigenvalue weighted by Gasteiger charge is -2.20.